The van der Waals surface area contributed by atoms with E-state index in [0.29, 0.717) is 0 Å². The van der Waals surface area contributed by atoms with Gasteiger partial charge in [-0.15, -0.1) is 0 Å². The molecule has 0 fully saturated rings. The lowest BCUT2D eigenvalue weighted by Crippen LogP contribution is -2.49. The van der Waals surface area contributed by atoms with Crippen LogP contribution in [0.4, 0.5) is 0 Å². The first-order chi connectivity index (χ1) is 7.86. The van der Waals surface area contributed by atoms with E-state index in [1.54, 1.807) is 6.92 Å². The highest BCUT2D eigenvalue weighted by Gasteiger charge is 2.42. The molecule has 1 N–H and O–H groups in total. The number of aliphatic hydroxyl groups excluding tert-OH is 1. The number of methoxy groups -OCH3 is 1. The van der Waals surface area contributed by atoms with Crippen molar-refractivity contribution >= 4 is 30.2 Å². The minimum atomic E-state index is -1.92. The molecule has 4 nitrogen and oxygen atoms in total. The van der Waals surface area contributed by atoms with Gasteiger partial charge in [-0.1, -0.05) is 36.7 Å². The number of halogens is 1. The first-order valence-electron chi connectivity index (χ1n) is 5.95. The monoisotopic (exact) mass is 340 g/mol. The van der Waals surface area contributed by atoms with E-state index >= 15 is 0 Å². The fourth-order valence-corrected chi connectivity index (χ4v) is 2.30. The molecule has 0 amide bonds. The maximum Gasteiger partial charge on any atom is 0.325 e. The molecule has 0 aliphatic rings. The van der Waals surface area contributed by atoms with Crippen molar-refractivity contribution in [2.24, 2.45) is 0 Å². The lowest BCUT2D eigenvalue weighted by Gasteiger charge is -2.38. The highest BCUT2D eigenvalue weighted by molar-refractivity contribution is 9.10. The van der Waals surface area contributed by atoms with Crippen molar-refractivity contribution in [3.63, 3.8) is 0 Å². The van der Waals surface area contributed by atoms with Crippen LogP contribution in [-0.2, 0) is 14.0 Å². The molecule has 0 aromatic heterocycles. The van der Waals surface area contributed by atoms with Crippen LogP contribution in [0.15, 0.2) is 0 Å². The summed E-state index contributed by atoms with van der Waals surface area (Å²) in [4.78, 5) is 11.5. The van der Waals surface area contributed by atoms with Crippen LogP contribution in [0.25, 0.3) is 0 Å². The quantitative estimate of drug-likeness (QED) is 0.475. The number of hydrogen-bond acceptors (Lipinski definition) is 4. The van der Waals surface area contributed by atoms with E-state index in [9.17, 15) is 9.90 Å². The van der Waals surface area contributed by atoms with E-state index in [0.717, 1.165) is 0 Å². The largest absolute Gasteiger partial charge is 0.468 e. The standard InChI is InChI=1S/C12H25BrO4Si/c1-11(2,3)18(6,7)17-8-9(14)12(4,13)10(15)16-5/h9,14H,8H2,1-7H3/t9-,12?/m1/s1. The number of ether oxygens (including phenoxy) is 1. The fraction of sp³-hybridized carbons (Fsp3) is 0.917. The van der Waals surface area contributed by atoms with Gasteiger partial charge in [0.25, 0.3) is 0 Å². The van der Waals surface area contributed by atoms with Gasteiger partial charge >= 0.3 is 5.97 Å². The molecule has 18 heavy (non-hydrogen) atoms. The third kappa shape index (κ3) is 4.33. The van der Waals surface area contributed by atoms with Crippen LogP contribution in [0.1, 0.15) is 27.7 Å². The van der Waals surface area contributed by atoms with E-state index in [-0.39, 0.29) is 11.6 Å². The van der Waals surface area contributed by atoms with Gasteiger partial charge in [0.15, 0.2) is 8.32 Å². The minimum absolute atomic E-state index is 0.0701. The molecule has 0 aliphatic heterocycles. The average molecular weight is 341 g/mol. The Morgan fingerprint density at radius 2 is 1.78 bits per heavy atom. The zero-order valence-corrected chi connectivity index (χ0v) is 14.9. The van der Waals surface area contributed by atoms with Gasteiger partial charge in [-0.05, 0) is 25.1 Å². The molecular formula is C12H25BrO4Si. The number of carbonyl (C=O) groups excluding carboxylic acids is 1. The van der Waals surface area contributed by atoms with E-state index in [2.05, 4.69) is 54.5 Å². The number of alkyl halides is 1. The number of carbonyl (C=O) groups is 1. The third-order valence-corrected chi connectivity index (χ3v) is 8.97. The van der Waals surface area contributed by atoms with Gasteiger partial charge < -0.3 is 14.3 Å². The Hall–Kier alpha value is 0.0869. The zero-order chi connectivity index (χ0) is 14.8. The molecule has 0 rings (SSSR count). The van der Waals surface area contributed by atoms with Crippen LogP contribution in [0.2, 0.25) is 18.1 Å². The van der Waals surface area contributed by atoms with E-state index in [4.69, 9.17) is 4.43 Å². The topological polar surface area (TPSA) is 55.8 Å². The predicted molar refractivity (Wildman–Crippen MR) is 78.5 cm³/mol. The molecule has 0 spiro atoms. The molecule has 108 valence electrons. The smallest absolute Gasteiger partial charge is 0.325 e. The Morgan fingerprint density at radius 3 is 2.11 bits per heavy atom. The van der Waals surface area contributed by atoms with Crippen molar-refractivity contribution in [3.05, 3.63) is 0 Å². The van der Waals surface area contributed by atoms with Crippen LogP contribution >= 0.6 is 15.9 Å². The number of esters is 1. The second kappa shape index (κ2) is 6.03. The van der Waals surface area contributed by atoms with Gasteiger partial charge in [0.2, 0.25) is 0 Å². The fourth-order valence-electron chi connectivity index (χ4n) is 0.996. The highest BCUT2D eigenvalue weighted by Crippen LogP contribution is 2.37. The third-order valence-electron chi connectivity index (χ3n) is 3.62. The van der Waals surface area contributed by atoms with Crippen LogP contribution in [0, 0.1) is 0 Å². The Balaban J connectivity index is 4.61. The molecule has 1 unspecified atom stereocenters. The molecule has 2 atom stereocenters. The van der Waals surface area contributed by atoms with Crippen LogP contribution < -0.4 is 0 Å². The highest BCUT2D eigenvalue weighted by atomic mass is 79.9. The Bertz CT molecular complexity index is 297. The SMILES string of the molecule is COC(=O)C(C)(Br)[C@H](O)CO[Si](C)(C)C(C)(C)C. The average Bonchev–Trinajstić information content (AvgIpc) is 2.22. The molecule has 0 saturated heterocycles. The van der Waals surface area contributed by atoms with Gasteiger partial charge in [-0.2, -0.15) is 0 Å². The van der Waals surface area contributed by atoms with Crippen molar-refractivity contribution in [1.82, 2.24) is 0 Å². The zero-order valence-electron chi connectivity index (χ0n) is 12.3. The van der Waals surface area contributed by atoms with E-state index in [1.807, 2.05) is 0 Å². The van der Waals surface area contributed by atoms with Gasteiger partial charge in [0.05, 0.1) is 13.7 Å². The van der Waals surface area contributed by atoms with Gasteiger partial charge in [0, 0.05) is 0 Å². The summed E-state index contributed by atoms with van der Waals surface area (Å²) in [6.07, 6.45) is -0.945. The predicted octanol–water partition coefficient (Wildman–Crippen LogP) is 2.70. The maximum absolute atomic E-state index is 11.5. The number of hydrogen-bond donors (Lipinski definition) is 1. The summed E-state index contributed by atoms with van der Waals surface area (Å²) in [6.45, 7) is 12.3. The Kier molecular flexibility index (Phi) is 6.06. The molecular weight excluding hydrogens is 316 g/mol. The number of aliphatic hydroxyl groups is 1. The normalized spacial score (nSPS) is 18.1. The molecule has 0 aliphatic carbocycles. The first-order valence-corrected chi connectivity index (χ1v) is 9.65. The maximum atomic E-state index is 11.5. The van der Waals surface area contributed by atoms with Gasteiger partial charge in [-0.25, -0.2) is 0 Å². The van der Waals surface area contributed by atoms with Crippen LogP contribution in [0.3, 0.4) is 0 Å². The Labute approximate surface area is 119 Å². The molecule has 0 aromatic rings. The van der Waals surface area contributed by atoms with E-state index in [1.165, 1.54) is 7.11 Å². The molecule has 0 aromatic carbocycles. The molecule has 0 heterocycles. The Morgan fingerprint density at radius 1 is 1.33 bits per heavy atom. The lowest BCUT2D eigenvalue weighted by atomic mass is 10.1. The summed E-state index contributed by atoms with van der Waals surface area (Å²) < 4.78 is 9.40. The summed E-state index contributed by atoms with van der Waals surface area (Å²) in [5.41, 5.74) is 0. The second-order valence-electron chi connectivity index (χ2n) is 6.15. The van der Waals surface area contributed by atoms with Crippen molar-refractivity contribution in [1.29, 1.82) is 0 Å². The van der Waals surface area contributed by atoms with Crippen molar-refractivity contribution in [2.75, 3.05) is 13.7 Å². The van der Waals surface area contributed by atoms with Crippen molar-refractivity contribution in [3.8, 4) is 0 Å². The summed E-state index contributed by atoms with van der Waals surface area (Å²) in [5.74, 6) is -0.506. The van der Waals surface area contributed by atoms with E-state index < -0.39 is 24.7 Å². The molecule has 0 radical (unpaired) electrons. The number of rotatable bonds is 5. The first kappa shape index (κ1) is 18.1. The summed E-state index contributed by atoms with van der Waals surface area (Å²) in [7, 11) is -0.629. The second-order valence-corrected chi connectivity index (χ2v) is 12.6. The van der Waals surface area contributed by atoms with Crippen LogP contribution in [-0.4, -0.2) is 43.5 Å². The lowest BCUT2D eigenvalue weighted by molar-refractivity contribution is -0.146. The van der Waals surface area contributed by atoms with Crippen LogP contribution in [0.5, 0.6) is 0 Å². The minimum Gasteiger partial charge on any atom is -0.468 e. The molecule has 0 bridgehead atoms. The molecule has 0 saturated carbocycles. The van der Waals surface area contributed by atoms with Crippen molar-refractivity contribution in [2.45, 2.75) is 56.3 Å². The van der Waals surface area contributed by atoms with Gasteiger partial charge in [-0.3, -0.25) is 4.79 Å². The van der Waals surface area contributed by atoms with Crippen molar-refractivity contribution < 1.29 is 19.1 Å². The molecule has 6 heteroatoms. The summed E-state index contributed by atoms with van der Waals surface area (Å²) >= 11 is 3.20. The van der Waals surface area contributed by atoms with Gasteiger partial charge in [0.1, 0.15) is 10.4 Å². The summed E-state index contributed by atoms with van der Waals surface area (Å²) in [5, 5.41) is 10.1. The summed E-state index contributed by atoms with van der Waals surface area (Å²) in [6, 6.07) is 0.